The highest BCUT2D eigenvalue weighted by atomic mass is 35.5. The van der Waals surface area contributed by atoms with Crippen LogP contribution in [0.4, 0.5) is 5.13 Å². The summed E-state index contributed by atoms with van der Waals surface area (Å²) < 4.78 is 0. The molecule has 0 saturated heterocycles. The van der Waals surface area contributed by atoms with Crippen LogP contribution in [0.1, 0.15) is 25.7 Å². The first-order valence-electron chi connectivity index (χ1n) is 5.07. The lowest BCUT2D eigenvalue weighted by atomic mass is 10.00. The lowest BCUT2D eigenvalue weighted by Crippen LogP contribution is -2.28. The Morgan fingerprint density at radius 3 is 3.00 bits per heavy atom. The van der Waals surface area contributed by atoms with Gasteiger partial charge in [0, 0.05) is 12.5 Å². The molecule has 0 aromatic carbocycles. The van der Waals surface area contributed by atoms with Crippen molar-refractivity contribution in [3.8, 4) is 0 Å². The summed E-state index contributed by atoms with van der Waals surface area (Å²) in [4.78, 5) is 11.6. The highest BCUT2D eigenvalue weighted by Gasteiger charge is 2.26. The summed E-state index contributed by atoms with van der Waals surface area (Å²) in [7, 11) is 0. The van der Waals surface area contributed by atoms with E-state index in [0.717, 1.165) is 19.3 Å². The molecule has 2 rings (SSSR count). The van der Waals surface area contributed by atoms with Crippen LogP contribution in [-0.2, 0) is 4.79 Å². The number of nitrogens with one attached hydrogen (secondary N) is 1. The molecule has 1 aromatic heterocycles. The summed E-state index contributed by atoms with van der Waals surface area (Å²) in [5.41, 5.74) is 7.49. The third kappa shape index (κ3) is 3.40. The van der Waals surface area contributed by atoms with Gasteiger partial charge in [-0.25, -0.2) is 0 Å². The molecule has 90 valence electrons. The third-order valence-corrected chi connectivity index (χ3v) is 3.38. The SMILES string of the molecule is Cl.N[C@@H]1CCC[C@H]1CC(=O)Nc1nncs1. The second kappa shape index (κ2) is 6.12. The first-order chi connectivity index (χ1) is 7.25. The van der Waals surface area contributed by atoms with E-state index in [1.807, 2.05) is 0 Å². The van der Waals surface area contributed by atoms with Crippen LogP contribution in [0.3, 0.4) is 0 Å². The Morgan fingerprint density at radius 1 is 1.62 bits per heavy atom. The molecule has 1 amide bonds. The van der Waals surface area contributed by atoms with Crippen molar-refractivity contribution in [1.82, 2.24) is 10.2 Å². The van der Waals surface area contributed by atoms with Gasteiger partial charge in [-0.1, -0.05) is 17.8 Å². The number of hydrogen-bond acceptors (Lipinski definition) is 5. The molecule has 0 radical (unpaired) electrons. The molecule has 3 N–H and O–H groups in total. The lowest BCUT2D eigenvalue weighted by molar-refractivity contribution is -0.117. The Labute approximate surface area is 104 Å². The monoisotopic (exact) mass is 262 g/mol. The Bertz CT molecular complexity index is 332. The van der Waals surface area contributed by atoms with Crippen LogP contribution in [0.25, 0.3) is 0 Å². The van der Waals surface area contributed by atoms with Crippen LogP contribution in [0, 0.1) is 5.92 Å². The van der Waals surface area contributed by atoms with E-state index in [4.69, 9.17) is 5.73 Å². The van der Waals surface area contributed by atoms with Crippen LogP contribution in [0.5, 0.6) is 0 Å². The summed E-state index contributed by atoms with van der Waals surface area (Å²) in [6.45, 7) is 0. The van der Waals surface area contributed by atoms with Gasteiger partial charge in [-0.3, -0.25) is 4.79 Å². The zero-order valence-corrected chi connectivity index (χ0v) is 10.4. The van der Waals surface area contributed by atoms with Gasteiger partial charge in [0.1, 0.15) is 5.51 Å². The second-order valence-electron chi connectivity index (χ2n) is 3.85. The molecule has 1 aromatic rings. The summed E-state index contributed by atoms with van der Waals surface area (Å²) in [5, 5.41) is 10.7. The standard InChI is InChI=1S/C9H14N4OS.ClH/c10-7-3-1-2-6(7)4-8(14)12-9-13-11-5-15-9;/h5-7H,1-4,10H2,(H,12,13,14);1H/t6-,7+;/m0./s1. The van der Waals surface area contributed by atoms with Crippen molar-refractivity contribution < 1.29 is 4.79 Å². The van der Waals surface area contributed by atoms with Crippen molar-refractivity contribution in [1.29, 1.82) is 0 Å². The van der Waals surface area contributed by atoms with Crippen molar-refractivity contribution in [2.75, 3.05) is 5.32 Å². The van der Waals surface area contributed by atoms with E-state index < -0.39 is 0 Å². The summed E-state index contributed by atoms with van der Waals surface area (Å²) >= 11 is 1.32. The number of halogens is 1. The number of nitrogens with two attached hydrogens (primary N) is 1. The molecule has 1 fully saturated rings. The molecule has 5 nitrogen and oxygen atoms in total. The molecule has 2 atom stereocenters. The van der Waals surface area contributed by atoms with Crippen LogP contribution in [0.15, 0.2) is 5.51 Å². The number of nitrogens with zero attached hydrogens (tertiary/aromatic N) is 2. The Hall–Kier alpha value is -0.720. The second-order valence-corrected chi connectivity index (χ2v) is 4.68. The fraction of sp³-hybridized carbons (Fsp3) is 0.667. The Kier molecular flexibility index (Phi) is 5.11. The summed E-state index contributed by atoms with van der Waals surface area (Å²) in [6.07, 6.45) is 3.74. The first-order valence-corrected chi connectivity index (χ1v) is 5.95. The van der Waals surface area contributed by atoms with Crippen molar-refractivity contribution in [3.05, 3.63) is 5.51 Å². The van der Waals surface area contributed by atoms with Gasteiger partial charge >= 0.3 is 0 Å². The molecule has 0 aliphatic heterocycles. The number of carbonyl (C=O) groups excluding carboxylic acids is 1. The van der Waals surface area contributed by atoms with E-state index in [1.54, 1.807) is 5.51 Å². The largest absolute Gasteiger partial charge is 0.327 e. The molecule has 1 saturated carbocycles. The minimum atomic E-state index is -0.00546. The molecular weight excluding hydrogens is 248 g/mol. The number of aromatic nitrogens is 2. The van der Waals surface area contributed by atoms with Gasteiger partial charge in [-0.15, -0.1) is 22.6 Å². The topological polar surface area (TPSA) is 80.9 Å². The first kappa shape index (κ1) is 13.3. The number of anilines is 1. The van der Waals surface area contributed by atoms with Gasteiger partial charge < -0.3 is 11.1 Å². The highest BCUT2D eigenvalue weighted by molar-refractivity contribution is 7.13. The van der Waals surface area contributed by atoms with Gasteiger partial charge in [-0.05, 0) is 18.8 Å². The number of hydrogen-bond donors (Lipinski definition) is 2. The van der Waals surface area contributed by atoms with Crippen molar-refractivity contribution in [2.45, 2.75) is 31.7 Å². The van der Waals surface area contributed by atoms with Gasteiger partial charge in [-0.2, -0.15) is 0 Å². The maximum atomic E-state index is 11.6. The van der Waals surface area contributed by atoms with E-state index in [0.29, 0.717) is 17.5 Å². The number of rotatable bonds is 3. The zero-order valence-electron chi connectivity index (χ0n) is 8.76. The fourth-order valence-corrected chi connectivity index (χ4v) is 2.42. The zero-order chi connectivity index (χ0) is 10.7. The van der Waals surface area contributed by atoms with Crippen LogP contribution < -0.4 is 11.1 Å². The minimum Gasteiger partial charge on any atom is -0.327 e. The van der Waals surface area contributed by atoms with Crippen LogP contribution in [0.2, 0.25) is 0 Å². The van der Waals surface area contributed by atoms with E-state index in [9.17, 15) is 4.79 Å². The molecule has 7 heteroatoms. The average Bonchev–Trinajstić information content (AvgIpc) is 2.79. The van der Waals surface area contributed by atoms with Gasteiger partial charge in [0.25, 0.3) is 0 Å². The van der Waals surface area contributed by atoms with Crippen LogP contribution in [-0.4, -0.2) is 22.1 Å². The molecule has 0 bridgehead atoms. The average molecular weight is 263 g/mol. The summed E-state index contributed by atoms with van der Waals surface area (Å²) in [5.74, 6) is 0.326. The molecule has 1 heterocycles. The molecule has 1 aliphatic rings. The Balaban J connectivity index is 0.00000128. The predicted molar refractivity (Wildman–Crippen MR) is 65.7 cm³/mol. The maximum absolute atomic E-state index is 11.6. The lowest BCUT2D eigenvalue weighted by Gasteiger charge is -2.13. The van der Waals surface area contributed by atoms with E-state index in [-0.39, 0.29) is 24.4 Å². The normalized spacial score (nSPS) is 23.8. The smallest absolute Gasteiger partial charge is 0.226 e. The predicted octanol–water partition coefficient (Wildman–Crippen LogP) is 1.42. The molecule has 16 heavy (non-hydrogen) atoms. The summed E-state index contributed by atoms with van der Waals surface area (Å²) in [6, 6.07) is 0.185. The van der Waals surface area contributed by atoms with Crippen molar-refractivity contribution >= 4 is 34.8 Å². The van der Waals surface area contributed by atoms with Gasteiger partial charge in [0.15, 0.2) is 0 Å². The molecule has 0 unspecified atom stereocenters. The number of carbonyl (C=O) groups is 1. The molecule has 1 aliphatic carbocycles. The van der Waals surface area contributed by atoms with E-state index in [2.05, 4.69) is 15.5 Å². The highest BCUT2D eigenvalue weighted by Crippen LogP contribution is 2.27. The van der Waals surface area contributed by atoms with Crippen molar-refractivity contribution in [2.24, 2.45) is 11.7 Å². The fourth-order valence-electron chi connectivity index (χ4n) is 1.95. The van der Waals surface area contributed by atoms with E-state index in [1.165, 1.54) is 11.3 Å². The van der Waals surface area contributed by atoms with Gasteiger partial charge in [0.2, 0.25) is 11.0 Å². The van der Waals surface area contributed by atoms with Crippen molar-refractivity contribution in [3.63, 3.8) is 0 Å². The molecule has 0 spiro atoms. The Morgan fingerprint density at radius 2 is 2.44 bits per heavy atom. The minimum absolute atomic E-state index is 0. The number of amides is 1. The molecular formula is C9H15ClN4OS. The third-order valence-electron chi connectivity index (χ3n) is 2.77. The quantitative estimate of drug-likeness (QED) is 0.863. The van der Waals surface area contributed by atoms with E-state index >= 15 is 0 Å². The van der Waals surface area contributed by atoms with Gasteiger partial charge in [0.05, 0.1) is 0 Å². The van der Waals surface area contributed by atoms with Crippen LogP contribution >= 0.6 is 23.7 Å². The maximum Gasteiger partial charge on any atom is 0.226 e.